The summed E-state index contributed by atoms with van der Waals surface area (Å²) in [4.78, 5) is 15.0. The summed E-state index contributed by atoms with van der Waals surface area (Å²) in [6.07, 6.45) is 9.39. The maximum atomic E-state index is 5.05. The van der Waals surface area contributed by atoms with Crippen molar-refractivity contribution < 1.29 is 0 Å². The second kappa shape index (κ2) is 12.6. The Bertz CT molecular complexity index is 2510. The van der Waals surface area contributed by atoms with E-state index in [0.717, 1.165) is 28.9 Å². The van der Waals surface area contributed by atoms with Crippen LogP contribution in [0.1, 0.15) is 18.2 Å². The van der Waals surface area contributed by atoms with Crippen molar-refractivity contribution in [3.8, 4) is 56.2 Å². The van der Waals surface area contributed by atoms with E-state index < -0.39 is 0 Å². The molecule has 232 valence electrons. The van der Waals surface area contributed by atoms with Crippen LogP contribution in [0.3, 0.4) is 0 Å². The molecule has 0 amide bonds. The van der Waals surface area contributed by atoms with Gasteiger partial charge in [-0.05, 0) is 45.9 Å². The Labute approximate surface area is 289 Å². The lowest BCUT2D eigenvalue weighted by Gasteiger charge is -2.14. The zero-order chi connectivity index (χ0) is 32.6. The largest absolute Gasteiger partial charge is 0.212 e. The van der Waals surface area contributed by atoms with E-state index in [2.05, 4.69) is 152 Å². The molecule has 2 heterocycles. The van der Waals surface area contributed by atoms with E-state index in [9.17, 15) is 0 Å². The van der Waals surface area contributed by atoms with E-state index in [1.54, 1.807) is 0 Å². The molecule has 0 radical (unpaired) electrons. The Kier molecular flexibility index (Phi) is 7.49. The first kappa shape index (κ1) is 29.2. The van der Waals surface area contributed by atoms with Gasteiger partial charge < -0.3 is 0 Å². The van der Waals surface area contributed by atoms with Crippen LogP contribution in [-0.4, -0.2) is 15.0 Å². The molecule has 0 N–H and O–H groups in total. The minimum absolute atomic E-state index is 0.119. The van der Waals surface area contributed by atoms with Crippen LogP contribution in [0.25, 0.3) is 76.3 Å². The molecule has 0 aliphatic heterocycles. The lowest BCUT2D eigenvalue weighted by molar-refractivity contribution is 0.764. The van der Waals surface area contributed by atoms with Gasteiger partial charge in [-0.2, -0.15) is 0 Å². The number of nitrogens with zero attached hydrogens (tertiary/aromatic N) is 3. The maximum Gasteiger partial charge on any atom is 0.163 e. The summed E-state index contributed by atoms with van der Waals surface area (Å²) in [6.45, 7) is 0. The smallest absolute Gasteiger partial charge is 0.163 e. The van der Waals surface area contributed by atoms with E-state index in [4.69, 9.17) is 15.0 Å². The highest BCUT2D eigenvalue weighted by Gasteiger charge is 2.19. The van der Waals surface area contributed by atoms with Crippen LogP contribution in [0.4, 0.5) is 0 Å². The molecule has 9 rings (SSSR count). The number of aromatic nitrogens is 3. The van der Waals surface area contributed by atoms with Crippen molar-refractivity contribution in [2.24, 2.45) is 0 Å². The van der Waals surface area contributed by atoms with Crippen LogP contribution in [-0.2, 0) is 0 Å². The third-order valence-electron chi connectivity index (χ3n) is 9.26. The molecule has 0 fully saturated rings. The predicted molar refractivity (Wildman–Crippen MR) is 206 cm³/mol. The van der Waals surface area contributed by atoms with E-state index in [1.165, 1.54) is 48.0 Å². The molecular formula is C45H31N3S. The standard InChI is InChI=1S/C45H31N3S/c1-4-13-30(14-5-1)31-25-27-32(28-26-31)37-21-11-23-39-40-24-12-22-38(42(40)49-41(37)39)35-19-10-20-36(29-35)45-47-43(33-15-6-2-7-16-33)46-44(48-45)34-17-8-3-9-18-34/h1-17,19-29,34H,18H2. The average Bonchev–Trinajstić information content (AvgIpc) is 3.58. The number of fused-ring (bicyclic) bond motifs is 3. The fraction of sp³-hybridized carbons (Fsp3) is 0.0444. The Morgan fingerprint density at radius 1 is 0.449 bits per heavy atom. The highest BCUT2D eigenvalue weighted by molar-refractivity contribution is 7.26. The zero-order valence-electron chi connectivity index (χ0n) is 26.7. The lowest BCUT2D eigenvalue weighted by Crippen LogP contribution is -2.07. The second-order valence-corrected chi connectivity index (χ2v) is 13.4. The van der Waals surface area contributed by atoms with Gasteiger partial charge in [0.2, 0.25) is 0 Å². The predicted octanol–water partition coefficient (Wildman–Crippen LogP) is 12.2. The van der Waals surface area contributed by atoms with Gasteiger partial charge in [-0.15, -0.1) is 11.3 Å². The van der Waals surface area contributed by atoms with Gasteiger partial charge in [0.1, 0.15) is 5.82 Å². The molecule has 1 unspecified atom stereocenters. The van der Waals surface area contributed by atoms with Crippen LogP contribution < -0.4 is 0 Å². The first-order valence-electron chi connectivity index (χ1n) is 16.6. The number of thiophene rings is 1. The molecule has 6 aromatic carbocycles. The number of rotatable bonds is 6. The number of hydrogen-bond donors (Lipinski definition) is 0. The summed E-state index contributed by atoms with van der Waals surface area (Å²) in [5, 5.41) is 2.56. The van der Waals surface area contributed by atoms with Crippen molar-refractivity contribution in [3.63, 3.8) is 0 Å². The van der Waals surface area contributed by atoms with Gasteiger partial charge in [0.15, 0.2) is 11.6 Å². The molecule has 49 heavy (non-hydrogen) atoms. The fourth-order valence-electron chi connectivity index (χ4n) is 6.75. The van der Waals surface area contributed by atoms with Gasteiger partial charge in [-0.1, -0.05) is 164 Å². The molecule has 0 bridgehead atoms. The van der Waals surface area contributed by atoms with Gasteiger partial charge in [0.05, 0.1) is 0 Å². The van der Waals surface area contributed by atoms with E-state index in [0.29, 0.717) is 11.6 Å². The summed E-state index contributed by atoms with van der Waals surface area (Å²) in [5.41, 5.74) is 9.26. The van der Waals surface area contributed by atoms with Crippen molar-refractivity contribution >= 4 is 31.5 Å². The molecule has 2 aromatic heterocycles. The second-order valence-electron chi connectivity index (χ2n) is 12.4. The molecule has 8 aromatic rings. The molecule has 1 atom stereocenters. The Balaban J connectivity index is 1.13. The third kappa shape index (κ3) is 5.56. The van der Waals surface area contributed by atoms with Gasteiger partial charge in [0, 0.05) is 37.2 Å². The van der Waals surface area contributed by atoms with Gasteiger partial charge in [0.25, 0.3) is 0 Å². The fourth-order valence-corrected chi connectivity index (χ4v) is 8.12. The third-order valence-corrected chi connectivity index (χ3v) is 10.5. The molecule has 0 saturated heterocycles. The molecular weight excluding hydrogens is 615 g/mol. The van der Waals surface area contributed by atoms with Crippen LogP contribution in [0.2, 0.25) is 0 Å². The summed E-state index contributed by atoms with van der Waals surface area (Å²) < 4.78 is 2.58. The molecule has 4 heteroatoms. The average molecular weight is 646 g/mol. The Hall–Kier alpha value is -5.97. The highest BCUT2D eigenvalue weighted by Crippen LogP contribution is 2.44. The summed E-state index contributed by atoms with van der Waals surface area (Å²) in [5.74, 6) is 2.31. The number of benzene rings is 6. The summed E-state index contributed by atoms with van der Waals surface area (Å²) >= 11 is 1.87. The van der Waals surface area contributed by atoms with E-state index >= 15 is 0 Å². The van der Waals surface area contributed by atoms with Crippen molar-refractivity contribution in [1.82, 2.24) is 15.0 Å². The van der Waals surface area contributed by atoms with Crippen molar-refractivity contribution in [3.05, 3.63) is 176 Å². The highest BCUT2D eigenvalue weighted by atomic mass is 32.1. The summed E-state index contributed by atoms with van der Waals surface area (Å²) in [6, 6.07) is 51.7. The Morgan fingerprint density at radius 3 is 1.67 bits per heavy atom. The molecule has 0 saturated carbocycles. The molecule has 3 nitrogen and oxygen atoms in total. The SMILES string of the molecule is C1=CCC(c2nc(-c3ccccc3)nc(-c3cccc(-c4cccc5c4sc4c(-c6ccc(-c7ccccc7)cc6)cccc45)c3)n2)C=C1. The van der Waals surface area contributed by atoms with E-state index in [1.807, 2.05) is 29.5 Å². The molecule has 1 aliphatic rings. The van der Waals surface area contributed by atoms with Crippen molar-refractivity contribution in [1.29, 1.82) is 0 Å². The molecule has 1 aliphatic carbocycles. The first-order valence-corrected chi connectivity index (χ1v) is 17.5. The molecule has 0 spiro atoms. The Morgan fingerprint density at radius 2 is 1.00 bits per heavy atom. The normalized spacial score (nSPS) is 14.1. The van der Waals surface area contributed by atoms with Crippen LogP contribution >= 0.6 is 11.3 Å². The van der Waals surface area contributed by atoms with Crippen LogP contribution in [0, 0.1) is 0 Å². The minimum Gasteiger partial charge on any atom is -0.212 e. The number of allylic oxidation sites excluding steroid dienone is 4. The van der Waals surface area contributed by atoms with Gasteiger partial charge in [-0.25, -0.2) is 15.0 Å². The first-order chi connectivity index (χ1) is 24.3. The monoisotopic (exact) mass is 645 g/mol. The van der Waals surface area contributed by atoms with Crippen molar-refractivity contribution in [2.45, 2.75) is 12.3 Å². The maximum absolute atomic E-state index is 5.05. The zero-order valence-corrected chi connectivity index (χ0v) is 27.5. The van der Waals surface area contributed by atoms with E-state index in [-0.39, 0.29) is 5.92 Å². The minimum atomic E-state index is 0.119. The lowest BCUT2D eigenvalue weighted by atomic mass is 9.98. The van der Waals surface area contributed by atoms with Gasteiger partial charge >= 0.3 is 0 Å². The number of hydrogen-bond acceptors (Lipinski definition) is 4. The van der Waals surface area contributed by atoms with Crippen molar-refractivity contribution in [2.75, 3.05) is 0 Å². The van der Waals surface area contributed by atoms with Crippen LogP contribution in [0.15, 0.2) is 170 Å². The quantitative estimate of drug-likeness (QED) is 0.181. The summed E-state index contributed by atoms with van der Waals surface area (Å²) in [7, 11) is 0. The van der Waals surface area contributed by atoms with Crippen LogP contribution in [0.5, 0.6) is 0 Å². The van der Waals surface area contributed by atoms with Gasteiger partial charge in [-0.3, -0.25) is 0 Å². The topological polar surface area (TPSA) is 38.7 Å².